The zero-order valence-corrected chi connectivity index (χ0v) is 14.0. The molecule has 0 unspecified atom stereocenters. The molecule has 0 fully saturated rings. The summed E-state index contributed by atoms with van der Waals surface area (Å²) in [4.78, 5) is 51.1. The van der Waals surface area contributed by atoms with Crippen molar-refractivity contribution in [3.05, 3.63) is 59.2 Å². The van der Waals surface area contributed by atoms with Crippen molar-refractivity contribution in [2.75, 3.05) is 23.8 Å². The van der Waals surface area contributed by atoms with E-state index in [0.717, 1.165) is 16.2 Å². The molecule has 0 aliphatic carbocycles. The van der Waals surface area contributed by atoms with E-state index in [4.69, 9.17) is 0 Å². The number of likely N-dealkylation sites (N-methyl/N-ethyl adjacent to an activating group) is 1. The minimum absolute atomic E-state index is 0.00509. The third-order valence-corrected chi connectivity index (χ3v) is 4.62. The summed E-state index contributed by atoms with van der Waals surface area (Å²) in [5.41, 5.74) is 2.78. The lowest BCUT2D eigenvalue weighted by molar-refractivity contribution is -0.117. The summed E-state index contributed by atoms with van der Waals surface area (Å²) < 4.78 is 0. The number of hydrogen-bond acceptors (Lipinski definition) is 4. The summed E-state index contributed by atoms with van der Waals surface area (Å²) in [7, 11) is 1.70. The minimum atomic E-state index is -0.475. The van der Waals surface area contributed by atoms with Crippen LogP contribution in [-0.2, 0) is 16.0 Å². The zero-order valence-electron chi connectivity index (χ0n) is 14.0. The van der Waals surface area contributed by atoms with E-state index in [2.05, 4.69) is 5.32 Å². The molecule has 4 amide bonds. The molecular weight excluding hydrogens is 334 g/mol. The summed E-state index contributed by atoms with van der Waals surface area (Å²) in [5.74, 6) is -1.42. The average Bonchev–Trinajstić information content (AvgIpc) is 3.04. The van der Waals surface area contributed by atoms with Crippen LogP contribution >= 0.6 is 0 Å². The number of benzene rings is 2. The Morgan fingerprint density at radius 2 is 1.69 bits per heavy atom. The Balaban J connectivity index is 1.48. The Kier molecular flexibility index (Phi) is 3.57. The van der Waals surface area contributed by atoms with Crippen LogP contribution in [0.25, 0.3) is 0 Å². The Bertz CT molecular complexity index is 947. The fraction of sp³-hybridized carbons (Fsp3) is 0.158. The lowest BCUT2D eigenvalue weighted by Crippen LogP contribution is -2.37. The molecule has 0 aromatic heterocycles. The molecule has 2 heterocycles. The largest absolute Gasteiger partial charge is 0.325 e. The van der Waals surface area contributed by atoms with Gasteiger partial charge in [0.15, 0.2) is 0 Å². The molecule has 0 spiro atoms. The van der Waals surface area contributed by atoms with Crippen LogP contribution in [0.1, 0.15) is 26.3 Å². The average molecular weight is 349 g/mol. The van der Waals surface area contributed by atoms with Gasteiger partial charge in [-0.15, -0.1) is 0 Å². The molecule has 0 saturated carbocycles. The van der Waals surface area contributed by atoms with Gasteiger partial charge in [-0.1, -0.05) is 12.1 Å². The maximum absolute atomic E-state index is 12.3. The van der Waals surface area contributed by atoms with E-state index in [9.17, 15) is 19.2 Å². The van der Waals surface area contributed by atoms with Gasteiger partial charge in [0.2, 0.25) is 11.8 Å². The van der Waals surface area contributed by atoms with Gasteiger partial charge in [-0.3, -0.25) is 24.1 Å². The van der Waals surface area contributed by atoms with Gasteiger partial charge in [-0.05, 0) is 35.9 Å². The van der Waals surface area contributed by atoms with Gasteiger partial charge < -0.3 is 10.2 Å². The topological polar surface area (TPSA) is 86.8 Å². The maximum Gasteiger partial charge on any atom is 0.262 e. The fourth-order valence-electron chi connectivity index (χ4n) is 3.27. The minimum Gasteiger partial charge on any atom is -0.325 e. The standard InChI is InChI=1S/C19H15N3O4/c1-21-15-7-6-12(8-11(15)9-17(21)24)20-16(23)10-22-18(25)13-4-2-3-5-14(13)19(22)26/h2-8H,9-10H2,1H3,(H,20,23). The van der Waals surface area contributed by atoms with Crippen molar-refractivity contribution < 1.29 is 19.2 Å². The number of imide groups is 1. The molecule has 7 nitrogen and oxygen atoms in total. The molecule has 0 saturated heterocycles. The monoisotopic (exact) mass is 349 g/mol. The normalized spacial score (nSPS) is 15.3. The number of amides is 4. The lowest BCUT2D eigenvalue weighted by Gasteiger charge is -2.14. The molecule has 130 valence electrons. The fourth-order valence-corrected chi connectivity index (χ4v) is 3.27. The van der Waals surface area contributed by atoms with Crippen LogP contribution in [0.3, 0.4) is 0 Å². The third kappa shape index (κ3) is 2.45. The number of hydrogen-bond donors (Lipinski definition) is 1. The first kappa shape index (κ1) is 16.0. The molecule has 2 aromatic rings. The molecule has 4 rings (SSSR count). The van der Waals surface area contributed by atoms with Gasteiger partial charge in [0, 0.05) is 18.4 Å². The molecule has 2 aliphatic heterocycles. The Morgan fingerprint density at radius 3 is 2.35 bits per heavy atom. The number of fused-ring (bicyclic) bond motifs is 2. The molecule has 1 N–H and O–H groups in total. The van der Waals surface area contributed by atoms with Crippen LogP contribution in [0.5, 0.6) is 0 Å². The molecule has 0 bridgehead atoms. The van der Waals surface area contributed by atoms with Crippen molar-refractivity contribution in [3.8, 4) is 0 Å². The van der Waals surface area contributed by atoms with Crippen LogP contribution in [0.4, 0.5) is 11.4 Å². The highest BCUT2D eigenvalue weighted by atomic mass is 16.2. The van der Waals surface area contributed by atoms with Gasteiger partial charge in [0.25, 0.3) is 11.8 Å². The second-order valence-corrected chi connectivity index (χ2v) is 6.26. The molecule has 2 aliphatic rings. The van der Waals surface area contributed by atoms with E-state index in [-0.39, 0.29) is 18.9 Å². The Hall–Kier alpha value is -3.48. The maximum atomic E-state index is 12.3. The van der Waals surface area contributed by atoms with Crippen LogP contribution in [0, 0.1) is 0 Å². The highest BCUT2D eigenvalue weighted by molar-refractivity contribution is 6.22. The molecular formula is C19H15N3O4. The van der Waals surface area contributed by atoms with Gasteiger partial charge >= 0.3 is 0 Å². The number of anilines is 2. The number of nitrogens with one attached hydrogen (secondary N) is 1. The summed E-state index contributed by atoms with van der Waals surface area (Å²) in [6.07, 6.45) is 0.286. The summed E-state index contributed by atoms with van der Waals surface area (Å²) in [5, 5.41) is 2.68. The second kappa shape index (κ2) is 5.80. The zero-order chi connectivity index (χ0) is 18.4. The van der Waals surface area contributed by atoms with Crippen molar-refractivity contribution in [2.24, 2.45) is 0 Å². The molecule has 0 atom stereocenters. The summed E-state index contributed by atoms with van der Waals surface area (Å²) >= 11 is 0. The van der Waals surface area contributed by atoms with E-state index >= 15 is 0 Å². The summed E-state index contributed by atoms with van der Waals surface area (Å²) in [6.45, 7) is -0.359. The van der Waals surface area contributed by atoms with Gasteiger partial charge in [0.1, 0.15) is 6.54 Å². The van der Waals surface area contributed by atoms with Crippen molar-refractivity contribution >= 4 is 35.0 Å². The molecule has 2 aromatic carbocycles. The number of carbonyl (C=O) groups excluding carboxylic acids is 4. The predicted octanol–water partition coefficient (Wildman–Crippen LogP) is 1.44. The van der Waals surface area contributed by atoms with Crippen LogP contribution in [-0.4, -0.2) is 42.1 Å². The van der Waals surface area contributed by atoms with Gasteiger partial charge in [-0.25, -0.2) is 0 Å². The van der Waals surface area contributed by atoms with Crippen LogP contribution in [0.2, 0.25) is 0 Å². The first-order valence-electron chi connectivity index (χ1n) is 8.10. The molecule has 7 heteroatoms. The predicted molar refractivity (Wildman–Crippen MR) is 94.0 cm³/mol. The first-order chi connectivity index (χ1) is 12.5. The van der Waals surface area contributed by atoms with Crippen molar-refractivity contribution in [1.29, 1.82) is 0 Å². The van der Waals surface area contributed by atoms with Crippen molar-refractivity contribution in [3.63, 3.8) is 0 Å². The third-order valence-electron chi connectivity index (χ3n) is 4.62. The lowest BCUT2D eigenvalue weighted by atomic mass is 10.1. The highest BCUT2D eigenvalue weighted by Crippen LogP contribution is 2.30. The van der Waals surface area contributed by atoms with Crippen LogP contribution in [0.15, 0.2) is 42.5 Å². The second-order valence-electron chi connectivity index (χ2n) is 6.26. The van der Waals surface area contributed by atoms with E-state index in [1.807, 2.05) is 0 Å². The van der Waals surface area contributed by atoms with Crippen molar-refractivity contribution in [1.82, 2.24) is 4.90 Å². The quantitative estimate of drug-likeness (QED) is 0.850. The van der Waals surface area contributed by atoms with E-state index < -0.39 is 17.7 Å². The number of carbonyl (C=O) groups is 4. The SMILES string of the molecule is CN1C(=O)Cc2cc(NC(=O)CN3C(=O)c4ccccc4C3=O)ccc21. The first-order valence-corrected chi connectivity index (χ1v) is 8.10. The number of nitrogens with zero attached hydrogens (tertiary/aromatic N) is 2. The van der Waals surface area contributed by atoms with Gasteiger partial charge in [-0.2, -0.15) is 0 Å². The van der Waals surface area contributed by atoms with Crippen LogP contribution < -0.4 is 10.2 Å². The highest BCUT2D eigenvalue weighted by Gasteiger charge is 2.36. The number of rotatable bonds is 3. The molecule has 0 radical (unpaired) electrons. The van der Waals surface area contributed by atoms with E-state index in [0.29, 0.717) is 16.8 Å². The Labute approximate surface area is 149 Å². The van der Waals surface area contributed by atoms with E-state index in [1.54, 1.807) is 54.4 Å². The smallest absolute Gasteiger partial charge is 0.262 e. The summed E-state index contributed by atoms with van der Waals surface area (Å²) in [6, 6.07) is 11.7. The Morgan fingerprint density at radius 1 is 1.04 bits per heavy atom. The van der Waals surface area contributed by atoms with Gasteiger partial charge in [0.05, 0.1) is 17.5 Å². The van der Waals surface area contributed by atoms with E-state index in [1.165, 1.54) is 0 Å². The molecule has 26 heavy (non-hydrogen) atoms. The van der Waals surface area contributed by atoms with Crippen molar-refractivity contribution in [2.45, 2.75) is 6.42 Å².